The molecular weight excluding hydrogens is 1140 g/mol. The first-order valence-electron chi connectivity index (χ1n) is 29.2. The van der Waals surface area contributed by atoms with Crippen LogP contribution in [-0.4, -0.2) is 146 Å². The van der Waals surface area contributed by atoms with Crippen LogP contribution in [0.2, 0.25) is 5.15 Å². The minimum Gasteiger partial charge on any atom is -0.471 e. The number of amides is 2. The van der Waals surface area contributed by atoms with Gasteiger partial charge in [0.25, 0.3) is 5.56 Å². The first kappa shape index (κ1) is 63.3. The molecule has 5 aromatic carbocycles. The highest BCUT2D eigenvalue weighted by Crippen LogP contribution is 2.30. The van der Waals surface area contributed by atoms with Gasteiger partial charge in [-0.2, -0.15) is 0 Å². The lowest BCUT2D eigenvalue weighted by Gasteiger charge is -2.24. The Kier molecular flexibility index (Phi) is 20.2. The zero-order chi connectivity index (χ0) is 62.7. The standard InChI is InChI=1S/C22H21N5O.C17H21N3O3.C10H9ClN2.C9H17NO3.C8H6N2O/c1-14-9-17-20(10-15(14)2)24-13-25-22(17)27-8-7-16(12-27)28-21-11-23-18-5-3-4-6-19(18)26-21;1-17(2,3)23-16(21)20-9-8-12(11-20)22-15-10-18-13-6-4-5-7-14(13)19-15;1-6-3-8-9(4-7(6)2)12-5-13-10(8)11;1-9(2,3)13-8(12)10-5-4-7(11)6-10;11-8-5-9-6-3-1-2-4-7(6)10-8/h3-6,9-11,13,16H,7-8,12H2,1-2H3;4-7,10,12H,8-9,11H2,1-3H3;3-5H,1-2H3;7,11H,4-6H2,1-3H3;1-5H,(H,10,11)/t16-;12-;;7-;/m11.0./s1. The van der Waals surface area contributed by atoms with E-state index in [4.69, 9.17) is 30.5 Å². The van der Waals surface area contributed by atoms with Gasteiger partial charge in [-0.3, -0.25) is 4.79 Å². The molecule has 3 saturated heterocycles. The Morgan fingerprint density at radius 1 is 0.534 bits per heavy atom. The van der Waals surface area contributed by atoms with E-state index in [1.54, 1.807) is 23.6 Å². The summed E-state index contributed by atoms with van der Waals surface area (Å²) in [6.45, 7) is 23.2. The van der Waals surface area contributed by atoms with Crippen molar-refractivity contribution in [3.63, 3.8) is 0 Å². The Labute approximate surface area is 515 Å². The molecule has 3 fully saturated rings. The van der Waals surface area contributed by atoms with E-state index in [1.807, 2.05) is 126 Å². The number of hydrogen-bond acceptors (Lipinski definition) is 18. The summed E-state index contributed by atoms with van der Waals surface area (Å²) in [4.78, 5) is 81.2. The van der Waals surface area contributed by atoms with E-state index >= 15 is 0 Å². The largest absolute Gasteiger partial charge is 0.471 e. The number of fused-ring (bicyclic) bond motifs is 5. The Bertz CT molecular complexity index is 4140. The number of aryl methyl sites for hydroxylation is 4. The van der Waals surface area contributed by atoms with Crippen LogP contribution in [0.5, 0.6) is 11.8 Å². The number of ether oxygens (including phenoxy) is 4. The van der Waals surface area contributed by atoms with Gasteiger partial charge in [0.05, 0.1) is 81.9 Å². The van der Waals surface area contributed by atoms with Gasteiger partial charge in [0.1, 0.15) is 47.0 Å². The number of rotatable bonds is 5. The third-order valence-electron chi connectivity index (χ3n) is 14.4. The van der Waals surface area contributed by atoms with Crippen LogP contribution in [0.15, 0.2) is 133 Å². The molecule has 0 aliphatic carbocycles. The Morgan fingerprint density at radius 2 is 1.00 bits per heavy atom. The van der Waals surface area contributed by atoms with Crippen LogP contribution in [0.25, 0.3) is 54.9 Å². The summed E-state index contributed by atoms with van der Waals surface area (Å²) in [5.74, 6) is 2.04. The summed E-state index contributed by atoms with van der Waals surface area (Å²) < 4.78 is 22.5. The number of halogens is 1. The fraction of sp³-hybridized carbons (Fsp3) is 0.364. The van der Waals surface area contributed by atoms with Crippen LogP contribution in [0.4, 0.5) is 15.4 Å². The molecule has 3 atom stereocenters. The molecule has 88 heavy (non-hydrogen) atoms. The number of aliphatic hydroxyl groups is 1. The van der Waals surface area contributed by atoms with Gasteiger partial charge in [-0.05, 0) is 159 Å². The Morgan fingerprint density at radius 3 is 1.57 bits per heavy atom. The zero-order valence-electron chi connectivity index (χ0n) is 51.3. The zero-order valence-corrected chi connectivity index (χ0v) is 52.0. The van der Waals surface area contributed by atoms with E-state index in [0.29, 0.717) is 49.5 Å². The van der Waals surface area contributed by atoms with Gasteiger partial charge in [0, 0.05) is 49.8 Å². The second-order valence-electron chi connectivity index (χ2n) is 23.7. The normalized spacial score (nSPS) is 16.4. The van der Waals surface area contributed by atoms with Crippen LogP contribution in [0, 0.1) is 27.7 Å². The molecule has 3 aliphatic heterocycles. The molecule has 5 aromatic heterocycles. The minimum absolute atomic E-state index is 0.0621. The first-order valence-corrected chi connectivity index (χ1v) is 29.6. The molecule has 0 saturated carbocycles. The topological polar surface area (TPSA) is 250 Å². The van der Waals surface area contributed by atoms with Gasteiger partial charge in [-0.25, -0.2) is 54.4 Å². The van der Waals surface area contributed by atoms with Crippen molar-refractivity contribution in [3.8, 4) is 11.8 Å². The number of carbonyl (C=O) groups excluding carboxylic acids is 2. The van der Waals surface area contributed by atoms with Gasteiger partial charge in [-0.1, -0.05) is 48.0 Å². The molecule has 0 unspecified atom stereocenters. The summed E-state index contributed by atoms with van der Waals surface area (Å²) in [6.07, 6.45) is 9.04. The van der Waals surface area contributed by atoms with E-state index in [1.165, 1.54) is 39.7 Å². The lowest BCUT2D eigenvalue weighted by molar-refractivity contribution is 0.0263. The van der Waals surface area contributed by atoms with Crippen molar-refractivity contribution in [1.29, 1.82) is 0 Å². The maximum atomic E-state index is 12.1. The van der Waals surface area contributed by atoms with Crippen LogP contribution in [0.1, 0.15) is 83.1 Å². The van der Waals surface area contributed by atoms with Gasteiger partial charge < -0.3 is 43.7 Å². The smallest absolute Gasteiger partial charge is 0.410 e. The van der Waals surface area contributed by atoms with Crippen molar-refractivity contribution in [1.82, 2.24) is 59.6 Å². The number of H-pyrrole nitrogens is 1. The molecule has 3 aliphatic rings. The van der Waals surface area contributed by atoms with Crippen molar-refractivity contribution in [2.75, 3.05) is 44.2 Å². The number of nitrogens with zero attached hydrogens (tertiary/aromatic N) is 12. The second kappa shape index (κ2) is 28.1. The molecular formula is C66H74ClN13O8. The summed E-state index contributed by atoms with van der Waals surface area (Å²) in [6, 6.07) is 31.3. The highest BCUT2D eigenvalue weighted by Gasteiger charge is 2.32. The first-order chi connectivity index (χ1) is 42.0. The number of aromatic amines is 1. The number of para-hydroxylation sites is 6. The average Bonchev–Trinajstić information content (AvgIpc) is 4.49. The molecule has 21 nitrogen and oxygen atoms in total. The summed E-state index contributed by atoms with van der Waals surface area (Å²) >= 11 is 5.93. The molecule has 0 spiro atoms. The lowest BCUT2D eigenvalue weighted by Crippen LogP contribution is -2.36. The maximum Gasteiger partial charge on any atom is 0.410 e. The molecule has 13 rings (SSSR count). The number of hydrogen-bond donors (Lipinski definition) is 2. The molecule has 0 radical (unpaired) electrons. The van der Waals surface area contributed by atoms with Crippen LogP contribution in [-0.2, 0) is 9.47 Å². The van der Waals surface area contributed by atoms with E-state index in [9.17, 15) is 19.5 Å². The highest BCUT2D eigenvalue weighted by molar-refractivity contribution is 6.34. The predicted molar refractivity (Wildman–Crippen MR) is 341 cm³/mol. The summed E-state index contributed by atoms with van der Waals surface area (Å²) in [5.41, 5.74) is 10.7. The van der Waals surface area contributed by atoms with Crippen molar-refractivity contribution < 1.29 is 33.6 Å². The van der Waals surface area contributed by atoms with Crippen molar-refractivity contribution >= 4 is 84.5 Å². The molecule has 458 valence electrons. The van der Waals surface area contributed by atoms with Crippen molar-refractivity contribution in [2.24, 2.45) is 0 Å². The lowest BCUT2D eigenvalue weighted by atomic mass is 10.1. The number of β-amino-alcohol motifs (C(OH)–C–C–N with tert-alkyl or cyclic N) is 1. The monoisotopic (exact) mass is 1210 g/mol. The number of anilines is 1. The molecule has 8 heterocycles. The molecule has 0 bridgehead atoms. The molecule has 2 amide bonds. The number of likely N-dealkylation sites (tertiary alicyclic amines) is 2. The SMILES string of the molecule is CC(C)(C)OC(=O)N1CC[C@@H](Oc2cnc3ccccc3n2)C1.CC(C)(C)OC(=O)N1CC[C@H](O)C1.Cc1cc2ncnc(Cl)c2cc1C.Cc1cc2ncnc(N3CC[C@@H](Oc4cnc5ccccc5n4)C3)c2cc1C.O=c1cnc2ccccc2[nH]1. The number of benzene rings is 5. The number of aromatic nitrogens is 10. The fourth-order valence-electron chi connectivity index (χ4n) is 9.73. The summed E-state index contributed by atoms with van der Waals surface area (Å²) in [7, 11) is 0. The fourth-order valence-corrected chi connectivity index (χ4v) is 9.92. The van der Waals surface area contributed by atoms with Crippen LogP contribution < -0.4 is 19.9 Å². The van der Waals surface area contributed by atoms with E-state index in [2.05, 4.69) is 94.6 Å². The Hall–Kier alpha value is -9.21. The predicted octanol–water partition coefficient (Wildman–Crippen LogP) is 11.7. The van der Waals surface area contributed by atoms with Crippen LogP contribution in [0.3, 0.4) is 0 Å². The van der Waals surface area contributed by atoms with E-state index in [-0.39, 0.29) is 36.1 Å². The number of aliphatic hydroxyl groups excluding tert-OH is 1. The van der Waals surface area contributed by atoms with E-state index in [0.717, 1.165) is 86.7 Å². The number of nitrogens with one attached hydrogen (secondary N) is 1. The maximum absolute atomic E-state index is 12.1. The third kappa shape index (κ3) is 17.3. The van der Waals surface area contributed by atoms with Gasteiger partial charge in [0.15, 0.2) is 0 Å². The Balaban J connectivity index is 0.000000138. The van der Waals surface area contributed by atoms with Crippen molar-refractivity contribution in [3.05, 3.63) is 166 Å². The van der Waals surface area contributed by atoms with Gasteiger partial charge >= 0.3 is 12.2 Å². The van der Waals surface area contributed by atoms with Crippen LogP contribution >= 0.6 is 11.6 Å². The van der Waals surface area contributed by atoms with Crippen molar-refractivity contribution in [2.45, 2.75) is 118 Å². The second-order valence-corrected chi connectivity index (χ2v) is 24.1. The molecule has 10 aromatic rings. The molecule has 22 heteroatoms. The molecule has 2 N–H and O–H groups in total. The quantitative estimate of drug-likeness (QED) is 0.152. The summed E-state index contributed by atoms with van der Waals surface area (Å²) in [5, 5.41) is 11.7. The minimum atomic E-state index is -0.486. The average molecular weight is 1210 g/mol. The highest BCUT2D eigenvalue weighted by atomic mass is 35.5. The van der Waals surface area contributed by atoms with E-state index < -0.39 is 11.2 Å². The van der Waals surface area contributed by atoms with Gasteiger partial charge in [0.2, 0.25) is 11.8 Å². The van der Waals surface area contributed by atoms with Gasteiger partial charge in [-0.15, -0.1) is 0 Å². The third-order valence-corrected chi connectivity index (χ3v) is 14.7. The number of carbonyl (C=O) groups is 2.